The molecule has 29 heavy (non-hydrogen) atoms. The zero-order chi connectivity index (χ0) is 21.3. The largest absolute Gasteiger partial charge is 0.493 e. The minimum Gasteiger partial charge on any atom is -0.493 e. The molecule has 0 unspecified atom stereocenters. The monoisotopic (exact) mass is 394 g/mol. The van der Waals surface area contributed by atoms with Crippen LogP contribution in [0.25, 0.3) is 5.57 Å². The molecule has 152 valence electrons. The van der Waals surface area contributed by atoms with E-state index in [4.69, 9.17) is 9.47 Å². The molecule has 6 heteroatoms. The van der Waals surface area contributed by atoms with E-state index < -0.39 is 0 Å². The number of nitrogens with one attached hydrogen (secondary N) is 1. The molecule has 1 N–H and O–H groups in total. The van der Waals surface area contributed by atoms with E-state index in [9.17, 15) is 9.59 Å². The molecule has 1 aliphatic rings. The quantitative estimate of drug-likeness (QED) is 0.752. The molecule has 0 atom stereocenters. The Morgan fingerprint density at radius 3 is 2.24 bits per heavy atom. The summed E-state index contributed by atoms with van der Waals surface area (Å²) >= 11 is 0. The minimum atomic E-state index is -0.337. The van der Waals surface area contributed by atoms with Crippen LogP contribution < -0.4 is 14.8 Å². The average molecular weight is 394 g/mol. The fraction of sp³-hybridized carbons (Fsp3) is 0.304. The van der Waals surface area contributed by atoms with Gasteiger partial charge in [0.2, 0.25) is 0 Å². The van der Waals surface area contributed by atoms with Crippen LogP contribution in [0.15, 0.2) is 42.1 Å². The molecule has 0 aromatic heterocycles. The van der Waals surface area contributed by atoms with Gasteiger partial charge in [0.15, 0.2) is 11.5 Å². The number of amides is 2. The fourth-order valence-corrected chi connectivity index (χ4v) is 3.41. The maximum atomic E-state index is 13.2. The van der Waals surface area contributed by atoms with Gasteiger partial charge in [0.05, 0.1) is 19.8 Å². The molecule has 1 aliphatic heterocycles. The molecule has 3 rings (SSSR count). The molecule has 0 bridgehead atoms. The molecule has 2 aromatic rings. The molecule has 0 spiro atoms. The first kappa shape index (κ1) is 20.5. The van der Waals surface area contributed by atoms with Crippen molar-refractivity contribution in [2.24, 2.45) is 0 Å². The molecule has 0 saturated carbocycles. The number of hydrogen-bond donors (Lipinski definition) is 1. The van der Waals surface area contributed by atoms with E-state index in [1.165, 1.54) is 12.0 Å². The Morgan fingerprint density at radius 1 is 0.931 bits per heavy atom. The first-order valence-corrected chi connectivity index (χ1v) is 9.48. The standard InChI is InChI=1S/C23H26N2O4/c1-13(2)25-22(26)20(16-10-11-18(28-5)19(12-16)29-6)21(23(25)27)24-17-9-7-8-14(3)15(17)4/h7-13,24H,1-6H3. The van der Waals surface area contributed by atoms with E-state index in [-0.39, 0.29) is 23.6 Å². The Morgan fingerprint density at radius 2 is 1.62 bits per heavy atom. The summed E-state index contributed by atoms with van der Waals surface area (Å²) in [5.74, 6) is 0.380. The van der Waals surface area contributed by atoms with Gasteiger partial charge in [-0.3, -0.25) is 14.5 Å². The van der Waals surface area contributed by atoms with E-state index in [1.807, 2.05) is 45.9 Å². The van der Waals surface area contributed by atoms with Crippen LogP contribution in [0.2, 0.25) is 0 Å². The number of benzene rings is 2. The van der Waals surface area contributed by atoms with Crippen LogP contribution in [-0.2, 0) is 9.59 Å². The maximum absolute atomic E-state index is 13.2. The van der Waals surface area contributed by atoms with Crippen LogP contribution in [0, 0.1) is 13.8 Å². The number of ether oxygens (including phenoxy) is 2. The summed E-state index contributed by atoms with van der Waals surface area (Å²) in [6, 6.07) is 10.8. The second kappa shape index (κ2) is 7.99. The van der Waals surface area contributed by atoms with Gasteiger partial charge in [-0.2, -0.15) is 0 Å². The zero-order valence-electron chi connectivity index (χ0n) is 17.6. The van der Waals surface area contributed by atoms with Gasteiger partial charge < -0.3 is 14.8 Å². The molecule has 6 nitrogen and oxygen atoms in total. The normalized spacial score (nSPS) is 14.1. The summed E-state index contributed by atoms with van der Waals surface area (Å²) in [5.41, 5.74) is 4.10. The molecule has 2 aromatic carbocycles. The van der Waals surface area contributed by atoms with Gasteiger partial charge in [0.25, 0.3) is 11.8 Å². The Kier molecular flexibility index (Phi) is 5.64. The molecule has 0 saturated heterocycles. The van der Waals surface area contributed by atoms with Gasteiger partial charge in [-0.25, -0.2) is 0 Å². The molecule has 0 aliphatic carbocycles. The van der Waals surface area contributed by atoms with E-state index in [2.05, 4.69) is 5.32 Å². The Bertz CT molecular complexity index is 1010. The number of methoxy groups -OCH3 is 2. The number of anilines is 1. The first-order valence-electron chi connectivity index (χ1n) is 9.48. The summed E-state index contributed by atoms with van der Waals surface area (Å²) in [6.45, 7) is 7.63. The van der Waals surface area contributed by atoms with Crippen LogP contribution in [0.5, 0.6) is 11.5 Å². The maximum Gasteiger partial charge on any atom is 0.278 e. The zero-order valence-corrected chi connectivity index (χ0v) is 17.6. The predicted molar refractivity (Wildman–Crippen MR) is 113 cm³/mol. The lowest BCUT2D eigenvalue weighted by Crippen LogP contribution is -2.38. The smallest absolute Gasteiger partial charge is 0.278 e. The van der Waals surface area contributed by atoms with Crippen molar-refractivity contribution in [3.63, 3.8) is 0 Å². The number of carbonyl (C=O) groups excluding carboxylic acids is 2. The molecular formula is C23H26N2O4. The minimum absolute atomic E-state index is 0.261. The van der Waals surface area contributed by atoms with Crippen molar-refractivity contribution >= 4 is 23.1 Å². The van der Waals surface area contributed by atoms with Gasteiger partial charge in [-0.05, 0) is 62.6 Å². The van der Waals surface area contributed by atoms with Crippen molar-refractivity contribution in [2.45, 2.75) is 33.7 Å². The van der Waals surface area contributed by atoms with E-state index >= 15 is 0 Å². The van der Waals surface area contributed by atoms with Gasteiger partial charge in [0.1, 0.15) is 5.70 Å². The lowest BCUT2D eigenvalue weighted by molar-refractivity contribution is -0.138. The second-order valence-electron chi connectivity index (χ2n) is 7.27. The molecule has 1 heterocycles. The Hall–Kier alpha value is -3.28. The van der Waals surface area contributed by atoms with Gasteiger partial charge >= 0.3 is 0 Å². The highest BCUT2D eigenvalue weighted by atomic mass is 16.5. The van der Waals surface area contributed by atoms with Crippen LogP contribution in [0.4, 0.5) is 5.69 Å². The van der Waals surface area contributed by atoms with Gasteiger partial charge in [-0.15, -0.1) is 0 Å². The van der Waals surface area contributed by atoms with Crippen molar-refractivity contribution in [1.29, 1.82) is 0 Å². The summed E-state index contributed by atoms with van der Waals surface area (Å²) in [7, 11) is 3.09. The fourth-order valence-electron chi connectivity index (χ4n) is 3.41. The van der Waals surface area contributed by atoms with Crippen LogP contribution >= 0.6 is 0 Å². The van der Waals surface area contributed by atoms with Crippen molar-refractivity contribution < 1.29 is 19.1 Å². The van der Waals surface area contributed by atoms with Gasteiger partial charge in [0, 0.05) is 11.7 Å². The average Bonchev–Trinajstić information content (AvgIpc) is 2.94. The molecular weight excluding hydrogens is 368 g/mol. The van der Waals surface area contributed by atoms with Crippen LogP contribution in [0.1, 0.15) is 30.5 Å². The highest BCUT2D eigenvalue weighted by Crippen LogP contribution is 2.36. The number of hydrogen-bond acceptors (Lipinski definition) is 5. The highest BCUT2D eigenvalue weighted by molar-refractivity contribution is 6.36. The van der Waals surface area contributed by atoms with E-state index in [1.54, 1.807) is 25.3 Å². The highest BCUT2D eigenvalue weighted by Gasteiger charge is 2.41. The number of imide groups is 1. The van der Waals surface area contributed by atoms with Crippen molar-refractivity contribution in [3.05, 3.63) is 58.8 Å². The molecule has 0 fully saturated rings. The topological polar surface area (TPSA) is 67.9 Å². The third-order valence-electron chi connectivity index (χ3n) is 5.17. The molecule has 2 amide bonds. The lowest BCUT2D eigenvalue weighted by atomic mass is 10.0. The van der Waals surface area contributed by atoms with Crippen molar-refractivity contribution in [1.82, 2.24) is 4.90 Å². The number of carbonyl (C=O) groups is 2. The SMILES string of the molecule is COc1ccc(C2=C(Nc3cccc(C)c3C)C(=O)N(C(C)C)C2=O)cc1OC. The van der Waals surface area contributed by atoms with E-state index in [0.29, 0.717) is 22.6 Å². The summed E-state index contributed by atoms with van der Waals surface area (Å²) in [5, 5.41) is 3.23. The number of rotatable bonds is 6. The second-order valence-corrected chi connectivity index (χ2v) is 7.27. The van der Waals surface area contributed by atoms with Crippen molar-refractivity contribution in [3.8, 4) is 11.5 Å². The summed E-state index contributed by atoms with van der Waals surface area (Å²) < 4.78 is 10.7. The van der Waals surface area contributed by atoms with Crippen LogP contribution in [-0.4, -0.2) is 37.0 Å². The van der Waals surface area contributed by atoms with E-state index in [0.717, 1.165) is 16.8 Å². The number of nitrogens with zero attached hydrogens (tertiary/aromatic N) is 1. The lowest BCUT2D eigenvalue weighted by Gasteiger charge is -2.19. The summed E-state index contributed by atoms with van der Waals surface area (Å²) in [6.07, 6.45) is 0. The third-order valence-corrected chi connectivity index (χ3v) is 5.17. The van der Waals surface area contributed by atoms with Gasteiger partial charge in [-0.1, -0.05) is 18.2 Å². The molecule has 0 radical (unpaired) electrons. The third kappa shape index (κ3) is 3.58. The number of aryl methyl sites for hydroxylation is 1. The summed E-state index contributed by atoms with van der Waals surface area (Å²) in [4.78, 5) is 27.6. The first-order chi connectivity index (χ1) is 13.8. The predicted octanol–water partition coefficient (Wildman–Crippen LogP) is 3.92. The van der Waals surface area contributed by atoms with Crippen molar-refractivity contribution in [2.75, 3.05) is 19.5 Å². The Labute approximate surface area is 171 Å². The van der Waals surface area contributed by atoms with Crippen LogP contribution in [0.3, 0.4) is 0 Å². The Balaban J connectivity index is 2.17.